The SMILES string of the molecule is N[C@@H]1CC[C@@H](CCn2cc(-c3ccccn3)nn2)O[C@H]1CO. The number of aryl methyl sites for hydroxylation is 1. The van der Waals surface area contributed by atoms with E-state index in [-0.39, 0.29) is 24.9 Å². The molecule has 0 amide bonds. The average Bonchev–Trinajstić information content (AvgIpc) is 3.04. The molecular weight excluding hydrogens is 282 g/mol. The van der Waals surface area contributed by atoms with E-state index in [2.05, 4.69) is 15.3 Å². The second-order valence-corrected chi connectivity index (χ2v) is 5.59. The first-order chi connectivity index (χ1) is 10.8. The molecule has 3 N–H and O–H groups in total. The highest BCUT2D eigenvalue weighted by Crippen LogP contribution is 2.21. The van der Waals surface area contributed by atoms with Crippen LogP contribution in [0.4, 0.5) is 0 Å². The minimum atomic E-state index is -0.251. The molecule has 3 atom stereocenters. The summed E-state index contributed by atoms with van der Waals surface area (Å²) in [6.07, 6.45) is 6.11. The summed E-state index contributed by atoms with van der Waals surface area (Å²) < 4.78 is 7.61. The molecule has 0 saturated carbocycles. The number of ether oxygens (including phenoxy) is 1. The third-order valence-corrected chi connectivity index (χ3v) is 3.99. The Balaban J connectivity index is 1.55. The predicted octanol–water partition coefficient (Wildman–Crippen LogP) is 0.597. The van der Waals surface area contributed by atoms with Crippen LogP contribution in [0.1, 0.15) is 19.3 Å². The normalized spacial score (nSPS) is 25.3. The molecule has 0 bridgehead atoms. The van der Waals surface area contributed by atoms with Crippen LogP contribution in [-0.2, 0) is 11.3 Å². The summed E-state index contributed by atoms with van der Waals surface area (Å²) >= 11 is 0. The predicted molar refractivity (Wildman–Crippen MR) is 80.8 cm³/mol. The minimum Gasteiger partial charge on any atom is -0.394 e. The lowest BCUT2D eigenvalue weighted by Crippen LogP contribution is -2.46. The van der Waals surface area contributed by atoms with Crippen LogP contribution < -0.4 is 5.73 Å². The number of nitrogens with zero attached hydrogens (tertiary/aromatic N) is 4. The summed E-state index contributed by atoms with van der Waals surface area (Å²) in [5, 5.41) is 17.5. The van der Waals surface area contributed by atoms with Gasteiger partial charge in [0.1, 0.15) is 5.69 Å². The van der Waals surface area contributed by atoms with E-state index >= 15 is 0 Å². The summed E-state index contributed by atoms with van der Waals surface area (Å²) in [6, 6.07) is 5.64. The number of aromatic nitrogens is 4. The molecule has 3 rings (SSSR count). The summed E-state index contributed by atoms with van der Waals surface area (Å²) in [7, 11) is 0. The summed E-state index contributed by atoms with van der Waals surface area (Å²) in [4.78, 5) is 4.26. The molecule has 0 aliphatic carbocycles. The van der Waals surface area contributed by atoms with Gasteiger partial charge in [-0.25, -0.2) is 0 Å². The van der Waals surface area contributed by atoms with E-state index in [1.165, 1.54) is 0 Å². The molecule has 0 radical (unpaired) electrons. The van der Waals surface area contributed by atoms with E-state index in [0.717, 1.165) is 37.2 Å². The number of aliphatic hydroxyl groups is 1. The third kappa shape index (κ3) is 3.49. The Hall–Kier alpha value is -1.83. The van der Waals surface area contributed by atoms with Gasteiger partial charge in [0.25, 0.3) is 0 Å². The molecule has 22 heavy (non-hydrogen) atoms. The van der Waals surface area contributed by atoms with Crippen LogP contribution in [0.15, 0.2) is 30.6 Å². The van der Waals surface area contributed by atoms with Crippen LogP contribution in [0.2, 0.25) is 0 Å². The topological polar surface area (TPSA) is 99.1 Å². The fourth-order valence-corrected chi connectivity index (χ4v) is 2.69. The Kier molecular flexibility index (Phi) is 4.77. The van der Waals surface area contributed by atoms with Crippen LogP contribution >= 0.6 is 0 Å². The number of hydrogen-bond donors (Lipinski definition) is 2. The molecular formula is C15H21N5O2. The van der Waals surface area contributed by atoms with Crippen molar-refractivity contribution in [2.75, 3.05) is 6.61 Å². The molecule has 7 nitrogen and oxygen atoms in total. The van der Waals surface area contributed by atoms with Crippen molar-refractivity contribution in [1.29, 1.82) is 0 Å². The maximum atomic E-state index is 9.25. The molecule has 2 aromatic heterocycles. The maximum Gasteiger partial charge on any atom is 0.131 e. The van der Waals surface area contributed by atoms with Gasteiger partial charge in [-0.1, -0.05) is 11.3 Å². The molecule has 1 saturated heterocycles. The van der Waals surface area contributed by atoms with Crippen molar-refractivity contribution in [2.24, 2.45) is 5.73 Å². The van der Waals surface area contributed by atoms with Crippen LogP contribution in [0.5, 0.6) is 0 Å². The zero-order valence-corrected chi connectivity index (χ0v) is 12.4. The van der Waals surface area contributed by atoms with Crippen molar-refractivity contribution < 1.29 is 9.84 Å². The van der Waals surface area contributed by atoms with E-state index in [1.807, 2.05) is 24.4 Å². The van der Waals surface area contributed by atoms with Crippen LogP contribution in [0.3, 0.4) is 0 Å². The second kappa shape index (κ2) is 6.95. The number of hydrogen-bond acceptors (Lipinski definition) is 6. The fourth-order valence-electron chi connectivity index (χ4n) is 2.69. The Morgan fingerprint density at radius 2 is 2.23 bits per heavy atom. The van der Waals surface area contributed by atoms with Gasteiger partial charge in [0.15, 0.2) is 0 Å². The van der Waals surface area contributed by atoms with Crippen molar-refractivity contribution in [3.8, 4) is 11.4 Å². The Morgan fingerprint density at radius 1 is 1.32 bits per heavy atom. The third-order valence-electron chi connectivity index (χ3n) is 3.99. The lowest BCUT2D eigenvalue weighted by molar-refractivity contribution is -0.0861. The second-order valence-electron chi connectivity index (χ2n) is 5.59. The Morgan fingerprint density at radius 3 is 3.00 bits per heavy atom. The molecule has 0 unspecified atom stereocenters. The number of aliphatic hydroxyl groups excluding tert-OH is 1. The standard InChI is InChI=1S/C15H21N5O2/c16-12-5-4-11(22-15(12)10-21)6-8-20-9-14(18-19-20)13-3-1-2-7-17-13/h1-3,7,9,11-12,15,21H,4-6,8,10,16H2/t11-,12+,15-/m0/s1. The summed E-state index contributed by atoms with van der Waals surface area (Å²) in [5.74, 6) is 0. The average molecular weight is 303 g/mol. The van der Waals surface area contributed by atoms with Crippen molar-refractivity contribution in [3.05, 3.63) is 30.6 Å². The number of rotatable bonds is 5. The molecule has 1 aliphatic heterocycles. The summed E-state index contributed by atoms with van der Waals surface area (Å²) in [6.45, 7) is 0.697. The van der Waals surface area contributed by atoms with Crippen molar-refractivity contribution >= 4 is 0 Å². The van der Waals surface area contributed by atoms with Gasteiger partial charge in [-0.3, -0.25) is 9.67 Å². The van der Waals surface area contributed by atoms with Gasteiger partial charge in [-0.05, 0) is 31.4 Å². The van der Waals surface area contributed by atoms with Gasteiger partial charge in [0, 0.05) is 18.8 Å². The van der Waals surface area contributed by atoms with Crippen molar-refractivity contribution in [2.45, 2.75) is 44.1 Å². The van der Waals surface area contributed by atoms with E-state index in [4.69, 9.17) is 10.5 Å². The molecule has 1 aliphatic rings. The summed E-state index contributed by atoms with van der Waals surface area (Å²) in [5.41, 5.74) is 7.49. The van der Waals surface area contributed by atoms with Gasteiger partial charge in [0.2, 0.25) is 0 Å². The zero-order chi connectivity index (χ0) is 15.4. The van der Waals surface area contributed by atoms with Gasteiger partial charge in [-0.2, -0.15) is 0 Å². The van der Waals surface area contributed by atoms with E-state index in [0.29, 0.717) is 0 Å². The Bertz CT molecular complexity index is 589. The first-order valence-corrected chi connectivity index (χ1v) is 7.59. The van der Waals surface area contributed by atoms with Gasteiger partial charge < -0.3 is 15.6 Å². The molecule has 118 valence electrons. The maximum absolute atomic E-state index is 9.25. The zero-order valence-electron chi connectivity index (χ0n) is 12.4. The van der Waals surface area contributed by atoms with Gasteiger partial charge in [-0.15, -0.1) is 5.10 Å². The van der Waals surface area contributed by atoms with Crippen LogP contribution in [-0.4, -0.2) is 49.9 Å². The van der Waals surface area contributed by atoms with Crippen molar-refractivity contribution in [1.82, 2.24) is 20.0 Å². The lowest BCUT2D eigenvalue weighted by Gasteiger charge is -2.33. The largest absolute Gasteiger partial charge is 0.394 e. The van der Waals surface area contributed by atoms with E-state index in [9.17, 15) is 5.11 Å². The quantitative estimate of drug-likeness (QED) is 0.839. The first-order valence-electron chi connectivity index (χ1n) is 7.59. The van der Waals surface area contributed by atoms with Crippen molar-refractivity contribution in [3.63, 3.8) is 0 Å². The highest BCUT2D eigenvalue weighted by Gasteiger charge is 2.28. The minimum absolute atomic E-state index is 0.0230. The first kappa shape index (κ1) is 15.1. The fraction of sp³-hybridized carbons (Fsp3) is 0.533. The van der Waals surface area contributed by atoms with E-state index in [1.54, 1.807) is 10.9 Å². The van der Waals surface area contributed by atoms with Gasteiger partial charge >= 0.3 is 0 Å². The molecule has 2 aromatic rings. The highest BCUT2D eigenvalue weighted by atomic mass is 16.5. The van der Waals surface area contributed by atoms with Gasteiger partial charge in [0.05, 0.1) is 30.7 Å². The lowest BCUT2D eigenvalue weighted by atomic mass is 9.98. The Labute approximate surface area is 129 Å². The molecule has 1 fully saturated rings. The molecule has 7 heteroatoms. The number of nitrogens with two attached hydrogens (primary N) is 1. The van der Waals surface area contributed by atoms with Crippen LogP contribution in [0, 0.1) is 0 Å². The molecule has 3 heterocycles. The van der Waals surface area contributed by atoms with Crippen LogP contribution in [0.25, 0.3) is 11.4 Å². The molecule has 0 aromatic carbocycles. The number of pyridine rings is 1. The monoisotopic (exact) mass is 303 g/mol. The molecule has 0 spiro atoms. The highest BCUT2D eigenvalue weighted by molar-refractivity contribution is 5.51. The van der Waals surface area contributed by atoms with E-state index < -0.39 is 0 Å². The smallest absolute Gasteiger partial charge is 0.131 e.